The third-order valence-corrected chi connectivity index (χ3v) is 5.29. The zero-order valence-electron chi connectivity index (χ0n) is 20.0. The largest absolute Gasteiger partial charge is 0.490 e. The normalized spacial score (nSPS) is 11.7. The molecule has 0 aliphatic heterocycles. The monoisotopic (exact) mass is 482 g/mol. The van der Waals surface area contributed by atoms with Gasteiger partial charge in [0.15, 0.2) is 17.6 Å². The van der Waals surface area contributed by atoms with Gasteiger partial charge in [-0.25, -0.2) is 10.2 Å². The van der Waals surface area contributed by atoms with E-state index in [-0.39, 0.29) is 0 Å². The number of hydrazone groups is 1. The Labute approximate surface area is 209 Å². The Hall–Kier alpha value is -4.65. The van der Waals surface area contributed by atoms with Crippen LogP contribution in [-0.4, -0.2) is 30.8 Å². The average Bonchev–Trinajstić information content (AvgIpc) is 2.91. The molecule has 0 fully saturated rings. The Balaban J connectivity index is 1.39. The van der Waals surface area contributed by atoms with Gasteiger partial charge in [0.05, 0.1) is 18.4 Å². The lowest BCUT2D eigenvalue weighted by Crippen LogP contribution is -2.33. The molecule has 1 N–H and O–H groups in total. The van der Waals surface area contributed by atoms with Gasteiger partial charge in [-0.1, -0.05) is 54.6 Å². The molecule has 0 aromatic heterocycles. The number of hydrogen-bond donors (Lipinski definition) is 1. The van der Waals surface area contributed by atoms with Crippen LogP contribution in [0.25, 0.3) is 10.8 Å². The van der Waals surface area contributed by atoms with Crippen molar-refractivity contribution in [3.63, 3.8) is 0 Å². The maximum Gasteiger partial charge on any atom is 0.343 e. The van der Waals surface area contributed by atoms with E-state index in [0.29, 0.717) is 35.0 Å². The summed E-state index contributed by atoms with van der Waals surface area (Å²) in [7, 11) is 0. The molecule has 0 saturated carbocycles. The van der Waals surface area contributed by atoms with E-state index in [1.165, 1.54) is 6.21 Å². The van der Waals surface area contributed by atoms with Gasteiger partial charge in [-0.2, -0.15) is 5.10 Å². The smallest absolute Gasteiger partial charge is 0.343 e. The molecule has 0 heterocycles. The molecule has 4 aromatic rings. The highest BCUT2D eigenvalue weighted by molar-refractivity contribution is 5.92. The van der Waals surface area contributed by atoms with Gasteiger partial charge in [0.1, 0.15) is 5.75 Å². The molecule has 4 aromatic carbocycles. The number of carbonyl (C=O) groups is 2. The molecule has 0 aliphatic rings. The quantitative estimate of drug-likeness (QED) is 0.150. The molecule has 4 rings (SSSR count). The summed E-state index contributed by atoms with van der Waals surface area (Å²) >= 11 is 0. The third-order valence-electron chi connectivity index (χ3n) is 5.29. The highest BCUT2D eigenvalue weighted by atomic mass is 16.6. The molecule has 182 valence electrons. The molecule has 0 bridgehead atoms. The van der Waals surface area contributed by atoms with E-state index in [1.54, 1.807) is 49.4 Å². The van der Waals surface area contributed by atoms with Crippen LogP contribution in [0.1, 0.15) is 29.8 Å². The predicted molar refractivity (Wildman–Crippen MR) is 139 cm³/mol. The van der Waals surface area contributed by atoms with Crippen molar-refractivity contribution < 1.29 is 23.8 Å². The highest BCUT2D eigenvalue weighted by Crippen LogP contribution is 2.29. The van der Waals surface area contributed by atoms with Crippen LogP contribution in [0.5, 0.6) is 17.2 Å². The van der Waals surface area contributed by atoms with Crippen LogP contribution < -0.4 is 19.6 Å². The van der Waals surface area contributed by atoms with Crippen LogP contribution in [0.3, 0.4) is 0 Å². The second-order valence-corrected chi connectivity index (χ2v) is 7.87. The van der Waals surface area contributed by atoms with E-state index < -0.39 is 18.0 Å². The van der Waals surface area contributed by atoms with E-state index in [4.69, 9.17) is 14.2 Å². The molecule has 1 unspecified atom stereocenters. The molecule has 7 heteroatoms. The fourth-order valence-electron chi connectivity index (χ4n) is 3.49. The number of ether oxygens (including phenoxy) is 3. The second-order valence-electron chi connectivity index (χ2n) is 7.87. The summed E-state index contributed by atoms with van der Waals surface area (Å²) in [6.45, 7) is 3.88. The summed E-state index contributed by atoms with van der Waals surface area (Å²) in [5.74, 6) is 0.443. The van der Waals surface area contributed by atoms with Crippen molar-refractivity contribution in [1.82, 2.24) is 5.43 Å². The molecular weight excluding hydrogens is 456 g/mol. The van der Waals surface area contributed by atoms with Gasteiger partial charge in [-0.3, -0.25) is 4.79 Å². The standard InChI is InChI=1S/C29H26N2O5/c1-3-34-27-18-21(16-17-26(27)36-29(33)23-11-5-4-6-12-23)19-30-31-28(32)20(2)35-25-15-9-13-22-10-7-8-14-24(22)25/h4-20H,3H2,1-2H3,(H,31,32). The molecule has 0 spiro atoms. The van der Waals surface area contributed by atoms with Crippen LogP contribution in [0.15, 0.2) is 96.1 Å². The molecular formula is C29H26N2O5. The van der Waals surface area contributed by atoms with Crippen molar-refractivity contribution in [3.05, 3.63) is 102 Å². The molecule has 7 nitrogen and oxygen atoms in total. The van der Waals surface area contributed by atoms with Crippen LogP contribution in [0, 0.1) is 0 Å². The average molecular weight is 483 g/mol. The number of rotatable bonds is 9. The van der Waals surface area contributed by atoms with Gasteiger partial charge < -0.3 is 14.2 Å². The minimum Gasteiger partial charge on any atom is -0.490 e. The summed E-state index contributed by atoms with van der Waals surface area (Å²) in [5, 5.41) is 6.00. The highest BCUT2D eigenvalue weighted by Gasteiger charge is 2.16. The fourth-order valence-corrected chi connectivity index (χ4v) is 3.49. The Morgan fingerprint density at radius 1 is 0.889 bits per heavy atom. The molecule has 1 amide bonds. The maximum absolute atomic E-state index is 12.5. The molecule has 0 aliphatic carbocycles. The van der Waals surface area contributed by atoms with E-state index in [9.17, 15) is 9.59 Å². The Kier molecular flexibility index (Phi) is 7.93. The van der Waals surface area contributed by atoms with E-state index >= 15 is 0 Å². The van der Waals surface area contributed by atoms with Gasteiger partial charge in [-0.05, 0) is 61.2 Å². The number of nitrogens with zero attached hydrogens (tertiary/aromatic N) is 1. The van der Waals surface area contributed by atoms with Crippen molar-refractivity contribution >= 4 is 28.9 Å². The van der Waals surface area contributed by atoms with Crippen molar-refractivity contribution in [2.24, 2.45) is 5.10 Å². The number of amides is 1. The van der Waals surface area contributed by atoms with Crippen LogP contribution in [-0.2, 0) is 4.79 Å². The van der Waals surface area contributed by atoms with Gasteiger partial charge in [0.25, 0.3) is 5.91 Å². The first-order chi connectivity index (χ1) is 17.5. The maximum atomic E-state index is 12.5. The molecule has 0 saturated heterocycles. The van der Waals surface area contributed by atoms with Gasteiger partial charge >= 0.3 is 5.97 Å². The van der Waals surface area contributed by atoms with E-state index in [2.05, 4.69) is 10.5 Å². The molecule has 1 atom stereocenters. The zero-order chi connectivity index (χ0) is 25.3. The number of fused-ring (bicyclic) bond motifs is 1. The number of benzene rings is 4. The summed E-state index contributed by atoms with van der Waals surface area (Å²) < 4.78 is 17.0. The van der Waals surface area contributed by atoms with Crippen molar-refractivity contribution in [3.8, 4) is 17.2 Å². The minimum atomic E-state index is -0.758. The first-order valence-electron chi connectivity index (χ1n) is 11.6. The fraction of sp³-hybridized carbons (Fsp3) is 0.138. The Morgan fingerprint density at radius 3 is 2.44 bits per heavy atom. The summed E-state index contributed by atoms with van der Waals surface area (Å²) in [5.41, 5.74) is 3.59. The number of carbonyl (C=O) groups excluding carboxylic acids is 2. The van der Waals surface area contributed by atoms with Crippen LogP contribution in [0.2, 0.25) is 0 Å². The lowest BCUT2D eigenvalue weighted by Gasteiger charge is -2.14. The van der Waals surface area contributed by atoms with Gasteiger partial charge in [0.2, 0.25) is 0 Å². The first-order valence-corrected chi connectivity index (χ1v) is 11.6. The summed E-state index contributed by atoms with van der Waals surface area (Å²) in [4.78, 5) is 24.9. The first kappa shape index (κ1) is 24.5. The van der Waals surface area contributed by atoms with Crippen molar-refractivity contribution in [2.45, 2.75) is 20.0 Å². The van der Waals surface area contributed by atoms with Crippen molar-refractivity contribution in [1.29, 1.82) is 0 Å². The van der Waals surface area contributed by atoms with Gasteiger partial charge in [-0.15, -0.1) is 0 Å². The van der Waals surface area contributed by atoms with Gasteiger partial charge in [0, 0.05) is 5.39 Å². The number of nitrogens with one attached hydrogen (secondary N) is 1. The Bertz CT molecular complexity index is 1380. The second kappa shape index (κ2) is 11.7. The minimum absolute atomic E-state index is 0.295. The summed E-state index contributed by atoms with van der Waals surface area (Å²) in [6, 6.07) is 27.2. The topological polar surface area (TPSA) is 86.2 Å². The third kappa shape index (κ3) is 6.07. The van der Waals surface area contributed by atoms with E-state index in [0.717, 1.165) is 10.8 Å². The van der Waals surface area contributed by atoms with Crippen molar-refractivity contribution in [2.75, 3.05) is 6.61 Å². The molecule has 0 radical (unpaired) electrons. The SMILES string of the molecule is CCOc1cc(C=NNC(=O)C(C)Oc2cccc3ccccc23)ccc1OC(=O)c1ccccc1. The zero-order valence-corrected chi connectivity index (χ0v) is 20.0. The summed E-state index contributed by atoms with van der Waals surface area (Å²) in [6.07, 6.45) is 0.722. The predicted octanol–water partition coefficient (Wildman–Crippen LogP) is 5.38. The number of esters is 1. The lowest BCUT2D eigenvalue weighted by molar-refractivity contribution is -0.127. The van der Waals surface area contributed by atoms with Crippen LogP contribution in [0.4, 0.5) is 0 Å². The van der Waals surface area contributed by atoms with E-state index in [1.807, 2.05) is 55.5 Å². The Morgan fingerprint density at radius 2 is 1.64 bits per heavy atom. The van der Waals surface area contributed by atoms with Crippen LogP contribution >= 0.6 is 0 Å². The molecule has 36 heavy (non-hydrogen) atoms. The number of hydrogen-bond acceptors (Lipinski definition) is 6. The lowest BCUT2D eigenvalue weighted by atomic mass is 10.1.